The molecule has 1 rings (SSSR count). The van der Waals surface area contributed by atoms with Crippen LogP contribution < -0.4 is 9.47 Å². The number of rotatable bonds is 9. The SMILES string of the molecule is CCC(C)C(=O)Oc1ccc(C[C@H]([AsH2])C(=O)O)cc1OC(=O)C(C)CC. The first-order chi connectivity index (χ1) is 12.2. The van der Waals surface area contributed by atoms with Gasteiger partial charge in [-0.15, -0.1) is 0 Å². The van der Waals surface area contributed by atoms with E-state index in [1.54, 1.807) is 32.0 Å². The van der Waals surface area contributed by atoms with Crippen LogP contribution in [-0.4, -0.2) is 39.9 Å². The Morgan fingerprint density at radius 3 is 1.96 bits per heavy atom. The zero-order valence-electron chi connectivity index (χ0n) is 15.7. The summed E-state index contributed by atoms with van der Waals surface area (Å²) in [6.07, 6.45) is 1.57. The average molecular weight is 426 g/mol. The third kappa shape index (κ3) is 6.49. The van der Waals surface area contributed by atoms with Crippen LogP contribution in [0.3, 0.4) is 0 Å². The normalized spacial score (nSPS) is 14.2. The molecule has 26 heavy (non-hydrogen) atoms. The van der Waals surface area contributed by atoms with Gasteiger partial charge in [0, 0.05) is 0 Å². The van der Waals surface area contributed by atoms with Crippen LogP contribution in [0.4, 0.5) is 0 Å². The predicted molar refractivity (Wildman–Crippen MR) is 100 cm³/mol. The quantitative estimate of drug-likeness (QED) is 0.371. The Kier molecular flexibility index (Phi) is 8.86. The summed E-state index contributed by atoms with van der Waals surface area (Å²) in [6.45, 7) is 7.28. The van der Waals surface area contributed by atoms with Crippen molar-refractivity contribution in [3.63, 3.8) is 0 Å². The number of carbonyl (C=O) groups excluding carboxylic acids is 2. The molecular weight excluding hydrogens is 399 g/mol. The maximum atomic E-state index is 12.2. The van der Waals surface area contributed by atoms with Crippen molar-refractivity contribution in [2.24, 2.45) is 11.8 Å². The predicted octanol–water partition coefficient (Wildman–Crippen LogP) is 2.64. The van der Waals surface area contributed by atoms with Crippen molar-refractivity contribution in [3.05, 3.63) is 23.8 Å². The molecule has 0 spiro atoms. The molecule has 0 aromatic heterocycles. The van der Waals surface area contributed by atoms with Gasteiger partial charge in [-0.05, 0) is 0 Å². The van der Waals surface area contributed by atoms with Crippen molar-refractivity contribution in [1.29, 1.82) is 0 Å². The molecule has 144 valence electrons. The molecule has 1 N–H and O–H groups in total. The Morgan fingerprint density at radius 2 is 1.50 bits per heavy atom. The Bertz CT molecular complexity index is 657. The Hall–Kier alpha value is -1.81. The van der Waals surface area contributed by atoms with E-state index in [0.29, 0.717) is 24.8 Å². The fraction of sp³-hybridized carbons (Fsp3) is 0.526. The third-order valence-electron chi connectivity index (χ3n) is 4.23. The van der Waals surface area contributed by atoms with Crippen molar-refractivity contribution >= 4 is 34.8 Å². The van der Waals surface area contributed by atoms with Crippen LogP contribution in [0, 0.1) is 11.8 Å². The average Bonchev–Trinajstić information content (AvgIpc) is 2.61. The summed E-state index contributed by atoms with van der Waals surface area (Å²) < 4.78 is 10.3. The van der Waals surface area contributed by atoms with Crippen molar-refractivity contribution in [1.82, 2.24) is 0 Å². The number of hydrogen-bond donors (Lipinski definition) is 1. The Morgan fingerprint density at radius 1 is 1.00 bits per heavy atom. The number of benzene rings is 1. The molecule has 0 heterocycles. The second kappa shape index (κ2) is 10.4. The summed E-state index contributed by atoms with van der Waals surface area (Å²) in [4.78, 5) is 35.3. The van der Waals surface area contributed by atoms with E-state index in [0.717, 1.165) is 16.9 Å². The van der Waals surface area contributed by atoms with Crippen LogP contribution in [0.15, 0.2) is 18.2 Å². The second-order valence-electron chi connectivity index (χ2n) is 6.39. The monoisotopic (exact) mass is 426 g/mol. The summed E-state index contributed by atoms with van der Waals surface area (Å²) >= 11 is 1.11. The van der Waals surface area contributed by atoms with Gasteiger partial charge >= 0.3 is 162 Å². The molecule has 0 saturated heterocycles. The molecule has 0 aliphatic carbocycles. The summed E-state index contributed by atoms with van der Waals surface area (Å²) in [5, 5.41) is 9.09. The van der Waals surface area contributed by atoms with Gasteiger partial charge in [0.1, 0.15) is 0 Å². The minimum absolute atomic E-state index is 0.148. The standard InChI is InChI=1S/C19H27AsO6/c1-5-11(3)18(23)25-15-8-7-13(9-14(20)17(21)22)10-16(15)26-19(24)12(4)6-2/h7-8,10-12,14H,5-6,9,20H2,1-4H3,(H,21,22)/t11?,12?,14-/m0/s1. The topological polar surface area (TPSA) is 89.9 Å². The summed E-state index contributed by atoms with van der Waals surface area (Å²) in [7, 11) is 0. The van der Waals surface area contributed by atoms with Crippen LogP contribution in [0.5, 0.6) is 11.5 Å². The summed E-state index contributed by atoms with van der Waals surface area (Å²) in [5.74, 6) is -1.95. The third-order valence-corrected chi connectivity index (χ3v) is 5.32. The van der Waals surface area contributed by atoms with Gasteiger partial charge in [-0.3, -0.25) is 0 Å². The Labute approximate surface area is 162 Å². The van der Waals surface area contributed by atoms with Gasteiger partial charge < -0.3 is 0 Å². The zero-order chi connectivity index (χ0) is 19.9. The van der Waals surface area contributed by atoms with Gasteiger partial charge in [-0.25, -0.2) is 0 Å². The minimum atomic E-state index is -0.879. The molecule has 0 bridgehead atoms. The molecule has 0 amide bonds. The molecule has 7 heteroatoms. The van der Waals surface area contributed by atoms with E-state index in [9.17, 15) is 14.4 Å². The fourth-order valence-electron chi connectivity index (χ4n) is 1.94. The van der Waals surface area contributed by atoms with E-state index in [1.165, 1.54) is 0 Å². The fourth-order valence-corrected chi connectivity index (χ4v) is 2.51. The van der Waals surface area contributed by atoms with Gasteiger partial charge in [0.15, 0.2) is 0 Å². The number of carboxylic acids is 1. The Balaban J connectivity index is 3.12. The van der Waals surface area contributed by atoms with E-state index >= 15 is 0 Å². The van der Waals surface area contributed by atoms with E-state index < -0.39 is 22.6 Å². The molecule has 3 unspecified atom stereocenters. The van der Waals surface area contributed by atoms with E-state index in [-0.39, 0.29) is 23.3 Å². The second-order valence-corrected chi connectivity index (χ2v) is 8.08. The number of aliphatic carboxylic acids is 1. The zero-order valence-corrected chi connectivity index (χ0v) is 18.1. The molecular formula is C19H27AsO6. The molecule has 0 aliphatic rings. The van der Waals surface area contributed by atoms with Crippen molar-refractivity contribution in [3.8, 4) is 11.5 Å². The van der Waals surface area contributed by atoms with Crippen LogP contribution in [0.25, 0.3) is 0 Å². The number of carboxylic acid groups (broad SMARTS) is 1. The number of carbonyl (C=O) groups is 3. The number of esters is 2. The van der Waals surface area contributed by atoms with Crippen LogP contribution in [0.2, 0.25) is 4.71 Å². The molecule has 0 aliphatic heterocycles. The van der Waals surface area contributed by atoms with E-state index in [4.69, 9.17) is 14.6 Å². The van der Waals surface area contributed by atoms with Crippen molar-refractivity contribution < 1.29 is 29.0 Å². The van der Waals surface area contributed by atoms with Crippen LogP contribution >= 0.6 is 0 Å². The molecule has 6 nitrogen and oxygen atoms in total. The van der Waals surface area contributed by atoms with Gasteiger partial charge in [-0.1, -0.05) is 0 Å². The van der Waals surface area contributed by atoms with Gasteiger partial charge in [0.25, 0.3) is 0 Å². The van der Waals surface area contributed by atoms with Gasteiger partial charge in [-0.2, -0.15) is 0 Å². The van der Waals surface area contributed by atoms with E-state index in [2.05, 4.69) is 0 Å². The number of hydrogen-bond acceptors (Lipinski definition) is 5. The van der Waals surface area contributed by atoms with Gasteiger partial charge in [0.2, 0.25) is 0 Å². The van der Waals surface area contributed by atoms with Crippen molar-refractivity contribution in [2.45, 2.75) is 51.7 Å². The summed E-state index contributed by atoms with van der Waals surface area (Å²) in [5.41, 5.74) is 0.706. The summed E-state index contributed by atoms with van der Waals surface area (Å²) in [6, 6.07) is 4.82. The number of ether oxygens (including phenoxy) is 2. The molecule has 1 aromatic carbocycles. The molecule has 0 fully saturated rings. The van der Waals surface area contributed by atoms with Gasteiger partial charge in [0.05, 0.1) is 0 Å². The van der Waals surface area contributed by atoms with Crippen molar-refractivity contribution in [2.75, 3.05) is 0 Å². The maximum absolute atomic E-state index is 12.2. The molecule has 0 saturated carbocycles. The van der Waals surface area contributed by atoms with E-state index in [1.807, 2.05) is 13.8 Å². The molecule has 1 aromatic rings. The van der Waals surface area contributed by atoms with Crippen LogP contribution in [-0.2, 0) is 20.8 Å². The van der Waals surface area contributed by atoms with Crippen LogP contribution in [0.1, 0.15) is 46.1 Å². The first kappa shape index (κ1) is 22.2. The molecule has 0 radical (unpaired) electrons. The molecule has 4 atom stereocenters. The first-order valence-corrected chi connectivity index (χ1v) is 10.1. The first-order valence-electron chi connectivity index (χ1n) is 8.74.